The number of alkyl halides is 5. The van der Waals surface area contributed by atoms with Crippen LogP contribution in [-0.2, 0) is 6.42 Å². The molecule has 98 valence electrons. The molecule has 1 rings (SSSR count). The molecular weight excluding hydrogens is 263 g/mol. The van der Waals surface area contributed by atoms with Crippen molar-refractivity contribution >= 4 is 0 Å². The van der Waals surface area contributed by atoms with Crippen LogP contribution in [0.5, 0.6) is 5.75 Å². The summed E-state index contributed by atoms with van der Waals surface area (Å²) in [6.07, 6.45) is -8.51. The second-order valence-corrected chi connectivity index (χ2v) is 3.06. The third kappa shape index (κ3) is 3.19. The topological polar surface area (TPSA) is 65.9 Å². The maximum absolute atomic E-state index is 12.3. The van der Waals surface area contributed by atoms with Gasteiger partial charge in [0, 0.05) is 6.20 Å². The molecule has 1 N–H and O–H groups in total. The highest BCUT2D eigenvalue weighted by atomic mass is 19.4. The standard InChI is InChI=1S/C9H5F5N2O2/c10-8(11)4-3-16-5(1-2-15)7(6(4)17)18-9(12,13)14/h3,8H,1H2,(H,16,17). The van der Waals surface area contributed by atoms with E-state index in [2.05, 4.69) is 4.74 Å². The van der Waals surface area contributed by atoms with E-state index >= 15 is 0 Å². The molecule has 4 nitrogen and oxygen atoms in total. The molecule has 1 aromatic heterocycles. The third-order valence-corrected chi connectivity index (χ3v) is 1.85. The quantitative estimate of drug-likeness (QED) is 0.855. The van der Waals surface area contributed by atoms with Gasteiger partial charge in [0.25, 0.3) is 6.43 Å². The second kappa shape index (κ2) is 5.03. The summed E-state index contributed by atoms with van der Waals surface area (Å²) in [6, 6.07) is 1.48. The van der Waals surface area contributed by atoms with E-state index in [4.69, 9.17) is 5.26 Å². The van der Waals surface area contributed by atoms with Gasteiger partial charge in [0.2, 0.25) is 5.43 Å². The van der Waals surface area contributed by atoms with Gasteiger partial charge < -0.3 is 9.72 Å². The van der Waals surface area contributed by atoms with E-state index in [1.165, 1.54) is 6.07 Å². The van der Waals surface area contributed by atoms with E-state index in [-0.39, 0.29) is 0 Å². The molecular formula is C9H5F5N2O2. The minimum atomic E-state index is -5.21. The fraction of sp³-hybridized carbons (Fsp3) is 0.333. The van der Waals surface area contributed by atoms with Crippen LogP contribution < -0.4 is 10.2 Å². The van der Waals surface area contributed by atoms with E-state index in [0.29, 0.717) is 6.20 Å². The van der Waals surface area contributed by atoms with Crippen molar-refractivity contribution in [2.45, 2.75) is 19.2 Å². The van der Waals surface area contributed by atoms with Crippen molar-refractivity contribution in [1.82, 2.24) is 4.98 Å². The number of nitrogens with one attached hydrogen (secondary N) is 1. The van der Waals surface area contributed by atoms with Crippen molar-refractivity contribution in [1.29, 1.82) is 5.26 Å². The van der Waals surface area contributed by atoms with Crippen LogP contribution in [0.2, 0.25) is 0 Å². The lowest BCUT2D eigenvalue weighted by molar-refractivity contribution is -0.275. The molecule has 1 aromatic rings. The van der Waals surface area contributed by atoms with Crippen molar-refractivity contribution < 1.29 is 26.7 Å². The Morgan fingerprint density at radius 1 is 1.44 bits per heavy atom. The van der Waals surface area contributed by atoms with E-state index < -0.39 is 41.6 Å². The van der Waals surface area contributed by atoms with E-state index in [1.54, 1.807) is 0 Å². The van der Waals surface area contributed by atoms with E-state index in [0.717, 1.165) is 0 Å². The largest absolute Gasteiger partial charge is 0.573 e. The molecule has 0 saturated carbocycles. The SMILES string of the molecule is N#CCc1[nH]cc(C(F)F)c(=O)c1OC(F)(F)F. The molecule has 0 aliphatic carbocycles. The van der Waals surface area contributed by atoms with Gasteiger partial charge in [-0.2, -0.15) is 5.26 Å². The summed E-state index contributed by atoms with van der Waals surface area (Å²) in [5, 5.41) is 8.35. The average molecular weight is 268 g/mol. The number of aromatic amines is 1. The number of hydrogen-bond donors (Lipinski definition) is 1. The number of aromatic nitrogens is 1. The number of rotatable bonds is 3. The molecule has 0 aromatic carbocycles. The first kappa shape index (κ1) is 14.0. The molecule has 0 bridgehead atoms. The van der Waals surface area contributed by atoms with Gasteiger partial charge in [-0.15, -0.1) is 13.2 Å². The number of nitriles is 1. The third-order valence-electron chi connectivity index (χ3n) is 1.85. The van der Waals surface area contributed by atoms with Gasteiger partial charge in [-0.25, -0.2) is 8.78 Å². The van der Waals surface area contributed by atoms with Gasteiger partial charge in [-0.1, -0.05) is 0 Å². The summed E-state index contributed by atoms with van der Waals surface area (Å²) in [6.45, 7) is 0. The van der Waals surface area contributed by atoms with Gasteiger partial charge >= 0.3 is 6.36 Å². The smallest absolute Gasteiger partial charge is 0.400 e. The zero-order chi connectivity index (χ0) is 13.9. The highest BCUT2D eigenvalue weighted by molar-refractivity contribution is 5.34. The summed E-state index contributed by atoms with van der Waals surface area (Å²) in [5.74, 6) is -1.33. The molecule has 18 heavy (non-hydrogen) atoms. The lowest BCUT2D eigenvalue weighted by Crippen LogP contribution is -2.25. The molecule has 0 saturated heterocycles. The van der Waals surface area contributed by atoms with Crippen LogP contribution in [0.1, 0.15) is 17.7 Å². The molecule has 1 heterocycles. The Labute approximate surface area is 96.6 Å². The number of pyridine rings is 1. The highest BCUT2D eigenvalue weighted by Gasteiger charge is 2.34. The van der Waals surface area contributed by atoms with Crippen molar-refractivity contribution in [3.8, 4) is 11.8 Å². The van der Waals surface area contributed by atoms with Crippen molar-refractivity contribution in [2.24, 2.45) is 0 Å². The molecule has 0 atom stereocenters. The van der Waals surface area contributed by atoms with Crippen LogP contribution in [-0.4, -0.2) is 11.3 Å². The summed E-state index contributed by atoms with van der Waals surface area (Å²) < 4.78 is 64.1. The summed E-state index contributed by atoms with van der Waals surface area (Å²) in [7, 11) is 0. The van der Waals surface area contributed by atoms with Crippen LogP contribution in [0.15, 0.2) is 11.0 Å². The van der Waals surface area contributed by atoms with Crippen LogP contribution in [0.4, 0.5) is 22.0 Å². The number of halogens is 5. The number of H-pyrrole nitrogens is 1. The number of hydrogen-bond acceptors (Lipinski definition) is 3. The van der Waals surface area contributed by atoms with Gasteiger partial charge in [-0.05, 0) is 0 Å². The van der Waals surface area contributed by atoms with Gasteiger partial charge in [0.05, 0.1) is 23.7 Å². The van der Waals surface area contributed by atoms with Crippen molar-refractivity contribution in [2.75, 3.05) is 0 Å². The molecule has 0 spiro atoms. The van der Waals surface area contributed by atoms with Crippen molar-refractivity contribution in [3.05, 3.63) is 27.7 Å². The van der Waals surface area contributed by atoms with Gasteiger partial charge in [-0.3, -0.25) is 4.79 Å². The fourth-order valence-electron chi connectivity index (χ4n) is 1.16. The van der Waals surface area contributed by atoms with E-state index in [1.807, 2.05) is 4.98 Å². The Balaban J connectivity index is 3.37. The number of ether oxygens (including phenoxy) is 1. The summed E-state index contributed by atoms with van der Waals surface area (Å²) in [4.78, 5) is 13.4. The Bertz CT molecular complexity index is 529. The Morgan fingerprint density at radius 3 is 2.50 bits per heavy atom. The predicted molar refractivity (Wildman–Crippen MR) is 48.0 cm³/mol. The lowest BCUT2D eigenvalue weighted by Gasteiger charge is -2.12. The monoisotopic (exact) mass is 268 g/mol. The van der Waals surface area contributed by atoms with Crippen LogP contribution in [0.25, 0.3) is 0 Å². The minimum absolute atomic E-state index is 0.510. The highest BCUT2D eigenvalue weighted by Crippen LogP contribution is 2.25. The first-order valence-corrected chi connectivity index (χ1v) is 4.41. The molecule has 9 heteroatoms. The zero-order valence-electron chi connectivity index (χ0n) is 8.52. The van der Waals surface area contributed by atoms with Gasteiger partial charge in [0.15, 0.2) is 5.75 Å². The van der Waals surface area contributed by atoms with Gasteiger partial charge in [0.1, 0.15) is 0 Å². The van der Waals surface area contributed by atoms with E-state index in [9.17, 15) is 26.7 Å². The fourth-order valence-corrected chi connectivity index (χ4v) is 1.16. The normalized spacial score (nSPS) is 11.4. The Morgan fingerprint density at radius 2 is 2.06 bits per heavy atom. The Hall–Kier alpha value is -2.11. The first-order valence-electron chi connectivity index (χ1n) is 4.41. The molecule has 0 amide bonds. The van der Waals surface area contributed by atoms with Crippen LogP contribution >= 0.6 is 0 Å². The summed E-state index contributed by atoms with van der Waals surface area (Å²) in [5.41, 5.74) is -3.26. The molecule has 0 unspecified atom stereocenters. The second-order valence-electron chi connectivity index (χ2n) is 3.06. The van der Waals surface area contributed by atoms with Crippen LogP contribution in [0.3, 0.4) is 0 Å². The maximum Gasteiger partial charge on any atom is 0.573 e. The number of nitrogens with zero attached hydrogens (tertiary/aromatic N) is 1. The summed E-state index contributed by atoms with van der Waals surface area (Å²) >= 11 is 0. The lowest BCUT2D eigenvalue weighted by atomic mass is 10.2. The van der Waals surface area contributed by atoms with Crippen molar-refractivity contribution in [3.63, 3.8) is 0 Å². The molecule has 0 fully saturated rings. The Kier molecular flexibility index (Phi) is 3.90. The predicted octanol–water partition coefficient (Wildman–Crippen LogP) is 2.28. The zero-order valence-corrected chi connectivity index (χ0v) is 8.52. The molecule has 0 aliphatic heterocycles. The van der Waals surface area contributed by atoms with Crippen LogP contribution in [0, 0.1) is 11.3 Å². The molecule has 0 radical (unpaired) electrons. The minimum Gasteiger partial charge on any atom is -0.400 e. The maximum atomic E-state index is 12.3. The average Bonchev–Trinajstić information content (AvgIpc) is 2.21. The molecule has 0 aliphatic rings. The first-order chi connectivity index (χ1) is 8.26.